The first-order chi connectivity index (χ1) is 8.26. The highest BCUT2D eigenvalue weighted by Crippen LogP contribution is 2.46. The molecule has 0 radical (unpaired) electrons. The van der Waals surface area contributed by atoms with Gasteiger partial charge >= 0.3 is 0 Å². The number of nitrogen functional groups attached to an aromatic ring is 1. The molecule has 2 aliphatic rings. The van der Waals surface area contributed by atoms with Gasteiger partial charge in [-0.2, -0.15) is 0 Å². The van der Waals surface area contributed by atoms with Crippen molar-refractivity contribution in [3.8, 4) is 11.5 Å². The zero-order valence-corrected chi connectivity index (χ0v) is 10.2. The zero-order valence-electron chi connectivity index (χ0n) is 10.2. The molecule has 3 heteroatoms. The Labute approximate surface area is 102 Å². The monoisotopic (exact) mass is 233 g/mol. The van der Waals surface area contributed by atoms with Crippen LogP contribution in [-0.2, 0) is 0 Å². The van der Waals surface area contributed by atoms with Crippen molar-refractivity contribution in [3.63, 3.8) is 0 Å². The Morgan fingerprint density at radius 2 is 2.06 bits per heavy atom. The van der Waals surface area contributed by atoms with Crippen molar-refractivity contribution in [3.05, 3.63) is 18.2 Å². The smallest absolute Gasteiger partial charge is 0.163 e. The van der Waals surface area contributed by atoms with Gasteiger partial charge in [-0.15, -0.1) is 0 Å². The Kier molecular flexibility index (Phi) is 2.61. The molecular formula is C14H19NO2. The van der Waals surface area contributed by atoms with Crippen molar-refractivity contribution in [2.24, 2.45) is 11.8 Å². The van der Waals surface area contributed by atoms with E-state index in [1.165, 1.54) is 25.7 Å². The number of rotatable bonds is 3. The molecule has 1 aromatic carbocycles. The van der Waals surface area contributed by atoms with Gasteiger partial charge in [0, 0.05) is 11.8 Å². The first-order valence-electron chi connectivity index (χ1n) is 6.36. The fourth-order valence-electron chi connectivity index (χ4n) is 3.28. The molecule has 0 spiro atoms. The summed E-state index contributed by atoms with van der Waals surface area (Å²) in [4.78, 5) is 0. The number of anilines is 1. The molecule has 2 N–H and O–H groups in total. The maximum absolute atomic E-state index is 6.11. The Morgan fingerprint density at radius 1 is 1.18 bits per heavy atom. The first-order valence-corrected chi connectivity index (χ1v) is 6.36. The minimum atomic E-state index is 0.365. The van der Waals surface area contributed by atoms with Crippen LogP contribution in [0.5, 0.6) is 11.5 Å². The van der Waals surface area contributed by atoms with Crippen LogP contribution in [0.2, 0.25) is 0 Å². The van der Waals surface area contributed by atoms with Crippen molar-refractivity contribution >= 4 is 5.69 Å². The second-order valence-corrected chi connectivity index (χ2v) is 5.24. The number of methoxy groups -OCH3 is 1. The third-order valence-electron chi connectivity index (χ3n) is 4.14. The number of benzene rings is 1. The topological polar surface area (TPSA) is 44.5 Å². The lowest BCUT2D eigenvalue weighted by atomic mass is 9.98. The van der Waals surface area contributed by atoms with Crippen molar-refractivity contribution in [1.82, 2.24) is 0 Å². The van der Waals surface area contributed by atoms with E-state index in [-0.39, 0.29) is 0 Å². The molecule has 2 bridgehead atoms. The van der Waals surface area contributed by atoms with Crippen LogP contribution in [0.3, 0.4) is 0 Å². The molecule has 17 heavy (non-hydrogen) atoms. The van der Waals surface area contributed by atoms with E-state index in [2.05, 4.69) is 0 Å². The number of ether oxygens (including phenoxy) is 2. The molecule has 2 fully saturated rings. The molecule has 0 unspecified atom stereocenters. The predicted molar refractivity (Wildman–Crippen MR) is 67.3 cm³/mol. The SMILES string of the molecule is COc1ccc(N)cc1O[C@@H]1C[C@H]2CC[C@@H]1C2. The zero-order chi connectivity index (χ0) is 11.8. The van der Waals surface area contributed by atoms with E-state index < -0.39 is 0 Å². The van der Waals surface area contributed by atoms with Gasteiger partial charge in [0.1, 0.15) is 6.10 Å². The van der Waals surface area contributed by atoms with E-state index in [0.717, 1.165) is 29.0 Å². The molecule has 0 aromatic heterocycles. The third-order valence-corrected chi connectivity index (χ3v) is 4.14. The fraction of sp³-hybridized carbons (Fsp3) is 0.571. The van der Waals surface area contributed by atoms with Gasteiger partial charge in [0.2, 0.25) is 0 Å². The van der Waals surface area contributed by atoms with Crippen molar-refractivity contribution in [1.29, 1.82) is 0 Å². The summed E-state index contributed by atoms with van der Waals surface area (Å²) in [6.07, 6.45) is 5.61. The highest BCUT2D eigenvalue weighted by Gasteiger charge is 2.41. The summed E-state index contributed by atoms with van der Waals surface area (Å²) >= 11 is 0. The molecule has 3 rings (SSSR count). The average Bonchev–Trinajstić information content (AvgIpc) is 2.91. The highest BCUT2D eigenvalue weighted by atomic mass is 16.5. The van der Waals surface area contributed by atoms with Crippen LogP contribution >= 0.6 is 0 Å². The third kappa shape index (κ3) is 1.94. The van der Waals surface area contributed by atoms with Crippen molar-refractivity contribution < 1.29 is 9.47 Å². The largest absolute Gasteiger partial charge is 0.493 e. The van der Waals surface area contributed by atoms with Crippen molar-refractivity contribution in [2.75, 3.05) is 12.8 Å². The Bertz CT molecular complexity index is 419. The van der Waals surface area contributed by atoms with Crippen molar-refractivity contribution in [2.45, 2.75) is 31.8 Å². The predicted octanol–water partition coefficient (Wildman–Crippen LogP) is 2.84. The molecule has 2 aliphatic carbocycles. The van der Waals surface area contributed by atoms with Gasteiger partial charge in [-0.1, -0.05) is 0 Å². The summed E-state index contributed by atoms with van der Waals surface area (Å²) < 4.78 is 11.4. The van der Waals surface area contributed by atoms with Gasteiger partial charge in [-0.3, -0.25) is 0 Å². The average molecular weight is 233 g/mol. The van der Waals surface area contributed by atoms with Gasteiger partial charge in [0.05, 0.1) is 7.11 Å². The first kappa shape index (κ1) is 10.8. The summed E-state index contributed by atoms with van der Waals surface area (Å²) in [5, 5.41) is 0. The Balaban J connectivity index is 1.78. The highest BCUT2D eigenvalue weighted by molar-refractivity contribution is 5.52. The molecule has 0 amide bonds. The van der Waals surface area contributed by atoms with Crippen LogP contribution in [0, 0.1) is 11.8 Å². The van der Waals surface area contributed by atoms with Gasteiger partial charge in [0.25, 0.3) is 0 Å². The molecule has 0 heterocycles. The molecule has 0 aliphatic heterocycles. The summed E-state index contributed by atoms with van der Waals surface area (Å²) in [6, 6.07) is 5.58. The van der Waals surface area contributed by atoms with E-state index in [9.17, 15) is 0 Å². The summed E-state index contributed by atoms with van der Waals surface area (Å²) in [5.41, 5.74) is 6.52. The van der Waals surface area contributed by atoms with E-state index in [1.807, 2.05) is 18.2 Å². The molecule has 1 aromatic rings. The van der Waals surface area contributed by atoms with Crippen LogP contribution in [0.25, 0.3) is 0 Å². The minimum absolute atomic E-state index is 0.365. The maximum atomic E-state index is 6.11. The Morgan fingerprint density at radius 3 is 2.71 bits per heavy atom. The second kappa shape index (κ2) is 4.13. The van der Waals surface area contributed by atoms with Crippen LogP contribution in [0.15, 0.2) is 18.2 Å². The van der Waals surface area contributed by atoms with Gasteiger partial charge in [0.15, 0.2) is 11.5 Å². The second-order valence-electron chi connectivity index (χ2n) is 5.24. The minimum Gasteiger partial charge on any atom is -0.493 e. The van der Waals surface area contributed by atoms with Gasteiger partial charge in [-0.25, -0.2) is 0 Å². The molecule has 0 saturated heterocycles. The number of hydrogen-bond acceptors (Lipinski definition) is 3. The molecule has 3 nitrogen and oxygen atoms in total. The fourth-order valence-corrected chi connectivity index (χ4v) is 3.28. The lowest BCUT2D eigenvalue weighted by Crippen LogP contribution is -2.23. The number of hydrogen-bond donors (Lipinski definition) is 1. The Hall–Kier alpha value is -1.38. The summed E-state index contributed by atoms with van der Waals surface area (Å²) in [7, 11) is 1.67. The normalized spacial score (nSPS) is 30.5. The lowest BCUT2D eigenvalue weighted by Gasteiger charge is -2.24. The van der Waals surface area contributed by atoms with Gasteiger partial charge in [-0.05, 0) is 49.7 Å². The standard InChI is InChI=1S/C14H19NO2/c1-16-12-5-4-11(15)8-14(12)17-13-7-9-2-3-10(13)6-9/h4-5,8-10,13H,2-3,6-7,15H2,1H3/t9-,10+,13+/m0/s1. The van der Waals surface area contributed by atoms with Crippen LogP contribution in [0.4, 0.5) is 5.69 Å². The molecule has 2 saturated carbocycles. The van der Waals surface area contributed by atoms with E-state index >= 15 is 0 Å². The van der Waals surface area contributed by atoms with Crippen LogP contribution in [0.1, 0.15) is 25.7 Å². The maximum Gasteiger partial charge on any atom is 0.163 e. The quantitative estimate of drug-likeness (QED) is 0.816. The number of nitrogens with two attached hydrogens (primary N) is 1. The summed E-state index contributed by atoms with van der Waals surface area (Å²) in [5.74, 6) is 3.20. The number of fused-ring (bicyclic) bond motifs is 2. The van der Waals surface area contributed by atoms with E-state index in [4.69, 9.17) is 15.2 Å². The molecular weight excluding hydrogens is 214 g/mol. The lowest BCUT2D eigenvalue weighted by molar-refractivity contribution is 0.134. The van der Waals surface area contributed by atoms with Crippen LogP contribution < -0.4 is 15.2 Å². The molecule has 3 atom stereocenters. The van der Waals surface area contributed by atoms with E-state index in [1.54, 1.807) is 7.11 Å². The summed E-state index contributed by atoms with van der Waals surface area (Å²) in [6.45, 7) is 0. The van der Waals surface area contributed by atoms with Crippen LogP contribution in [-0.4, -0.2) is 13.2 Å². The van der Waals surface area contributed by atoms with Gasteiger partial charge < -0.3 is 15.2 Å². The molecule has 92 valence electrons. The van der Waals surface area contributed by atoms with E-state index in [0.29, 0.717) is 6.10 Å².